The molecule has 0 aliphatic carbocycles. The number of halogens is 1. The Balaban J connectivity index is 1.55. The number of aromatic nitrogens is 3. The molecular formula is C26H27IN6OS. The Bertz CT molecular complexity index is 1410. The minimum absolute atomic E-state index is 0.229. The molecule has 0 aliphatic heterocycles. The van der Waals surface area contributed by atoms with Crippen LogP contribution in [0.2, 0.25) is 0 Å². The molecule has 0 bridgehead atoms. The molecule has 0 radical (unpaired) electrons. The van der Waals surface area contributed by atoms with E-state index in [0.717, 1.165) is 50.2 Å². The third-order valence-electron chi connectivity index (χ3n) is 5.84. The zero-order valence-electron chi connectivity index (χ0n) is 20.1. The van der Waals surface area contributed by atoms with Crippen LogP contribution in [0.1, 0.15) is 35.3 Å². The van der Waals surface area contributed by atoms with Gasteiger partial charge in [-0.2, -0.15) is 4.80 Å². The van der Waals surface area contributed by atoms with E-state index in [-0.39, 0.29) is 11.0 Å². The summed E-state index contributed by atoms with van der Waals surface area (Å²) in [5.41, 5.74) is 7.04. The van der Waals surface area contributed by atoms with E-state index in [1.54, 1.807) is 10.9 Å². The number of anilines is 2. The Morgan fingerprint density at radius 3 is 2.34 bits per heavy atom. The van der Waals surface area contributed by atoms with E-state index < -0.39 is 0 Å². The van der Waals surface area contributed by atoms with E-state index in [1.807, 2.05) is 37.3 Å². The number of hydrogen-bond acceptors (Lipinski definition) is 5. The SMILES string of the molecule is CCN(CC)c1ccc(-n2nc3cc(C)c(NC(=S)NC(=O)c4ccccc4I)cc3n2)c(C)c1. The van der Waals surface area contributed by atoms with Crippen molar-refractivity contribution in [2.24, 2.45) is 0 Å². The average molecular weight is 599 g/mol. The molecule has 2 N–H and O–H groups in total. The largest absolute Gasteiger partial charge is 0.372 e. The van der Waals surface area contributed by atoms with Crippen molar-refractivity contribution in [3.63, 3.8) is 0 Å². The molecule has 0 saturated carbocycles. The van der Waals surface area contributed by atoms with Gasteiger partial charge in [-0.25, -0.2) is 0 Å². The number of aryl methyl sites for hydroxylation is 2. The highest BCUT2D eigenvalue weighted by Gasteiger charge is 2.14. The first kappa shape index (κ1) is 25.1. The van der Waals surface area contributed by atoms with Crippen molar-refractivity contribution >= 4 is 68.2 Å². The van der Waals surface area contributed by atoms with E-state index in [4.69, 9.17) is 22.4 Å². The van der Waals surface area contributed by atoms with Gasteiger partial charge in [0.05, 0.1) is 11.3 Å². The van der Waals surface area contributed by atoms with Gasteiger partial charge in [0, 0.05) is 28.0 Å². The highest BCUT2D eigenvalue weighted by atomic mass is 127. The predicted octanol–water partition coefficient (Wildman–Crippen LogP) is 5.61. The fourth-order valence-corrected chi connectivity index (χ4v) is 4.76. The monoisotopic (exact) mass is 598 g/mol. The van der Waals surface area contributed by atoms with Crippen LogP contribution in [0.25, 0.3) is 16.7 Å². The summed E-state index contributed by atoms with van der Waals surface area (Å²) in [5.74, 6) is -0.249. The van der Waals surface area contributed by atoms with E-state index in [9.17, 15) is 4.79 Å². The summed E-state index contributed by atoms with van der Waals surface area (Å²) >= 11 is 7.53. The summed E-state index contributed by atoms with van der Waals surface area (Å²) in [6.07, 6.45) is 0. The first-order chi connectivity index (χ1) is 16.8. The molecule has 1 heterocycles. The van der Waals surface area contributed by atoms with Gasteiger partial charge in [0.25, 0.3) is 5.91 Å². The normalized spacial score (nSPS) is 10.9. The van der Waals surface area contributed by atoms with Gasteiger partial charge in [-0.3, -0.25) is 10.1 Å². The molecule has 7 nitrogen and oxygen atoms in total. The Morgan fingerprint density at radius 1 is 1.00 bits per heavy atom. The number of amides is 1. The number of carbonyl (C=O) groups is 1. The number of benzene rings is 3. The van der Waals surface area contributed by atoms with Crippen LogP contribution in [-0.4, -0.2) is 39.1 Å². The summed E-state index contributed by atoms with van der Waals surface area (Å²) in [6, 6.07) is 17.6. The van der Waals surface area contributed by atoms with Gasteiger partial charge >= 0.3 is 0 Å². The number of fused-ring (bicyclic) bond motifs is 1. The van der Waals surface area contributed by atoms with Gasteiger partial charge in [-0.1, -0.05) is 12.1 Å². The smallest absolute Gasteiger partial charge is 0.258 e. The Labute approximate surface area is 224 Å². The quantitative estimate of drug-likeness (QED) is 0.222. The van der Waals surface area contributed by atoms with E-state index >= 15 is 0 Å². The lowest BCUT2D eigenvalue weighted by Gasteiger charge is -2.22. The fourth-order valence-electron chi connectivity index (χ4n) is 3.93. The number of thiocarbonyl (C=S) groups is 1. The topological polar surface area (TPSA) is 75.1 Å². The molecule has 0 fully saturated rings. The summed E-state index contributed by atoms with van der Waals surface area (Å²) in [4.78, 5) is 16.6. The van der Waals surface area contributed by atoms with Crippen LogP contribution in [0.3, 0.4) is 0 Å². The predicted molar refractivity (Wildman–Crippen MR) is 155 cm³/mol. The third kappa shape index (κ3) is 5.46. The summed E-state index contributed by atoms with van der Waals surface area (Å²) in [6.45, 7) is 10.3. The molecule has 180 valence electrons. The van der Waals surface area contributed by atoms with Gasteiger partial charge in [-0.05, 0) is 116 Å². The van der Waals surface area contributed by atoms with Crippen LogP contribution >= 0.6 is 34.8 Å². The van der Waals surface area contributed by atoms with Crippen molar-refractivity contribution in [1.29, 1.82) is 0 Å². The lowest BCUT2D eigenvalue weighted by atomic mass is 10.1. The molecule has 1 aromatic heterocycles. The van der Waals surface area contributed by atoms with Gasteiger partial charge in [0.15, 0.2) is 5.11 Å². The maximum Gasteiger partial charge on any atom is 0.258 e. The second-order valence-corrected chi connectivity index (χ2v) is 9.75. The molecule has 0 aliphatic rings. The fraction of sp³-hybridized carbons (Fsp3) is 0.231. The maximum absolute atomic E-state index is 12.6. The molecule has 35 heavy (non-hydrogen) atoms. The molecule has 0 spiro atoms. The summed E-state index contributed by atoms with van der Waals surface area (Å²) < 4.78 is 0.861. The second-order valence-electron chi connectivity index (χ2n) is 8.18. The highest BCUT2D eigenvalue weighted by Crippen LogP contribution is 2.25. The van der Waals surface area contributed by atoms with Gasteiger partial charge < -0.3 is 10.2 Å². The van der Waals surface area contributed by atoms with Crippen molar-refractivity contribution < 1.29 is 4.79 Å². The standard InChI is InChI=1S/C26H27IN6OS/c1-5-32(6-2)18-11-12-24(17(4)13-18)33-30-22-14-16(3)21(15-23(22)31-33)28-26(35)29-25(34)19-9-7-8-10-20(19)27/h7-15H,5-6H2,1-4H3,(H2,28,29,34,35). The molecule has 0 atom stereocenters. The van der Waals surface area contributed by atoms with Crippen LogP contribution in [0.4, 0.5) is 11.4 Å². The Kier molecular flexibility index (Phi) is 7.66. The van der Waals surface area contributed by atoms with Crippen molar-refractivity contribution in [2.75, 3.05) is 23.3 Å². The molecule has 4 aromatic rings. The molecule has 4 rings (SSSR count). The van der Waals surface area contributed by atoms with Crippen LogP contribution in [0, 0.1) is 17.4 Å². The Morgan fingerprint density at radius 2 is 1.69 bits per heavy atom. The average Bonchev–Trinajstić information content (AvgIpc) is 3.22. The lowest BCUT2D eigenvalue weighted by molar-refractivity contribution is 0.0977. The summed E-state index contributed by atoms with van der Waals surface area (Å²) in [7, 11) is 0. The van der Waals surface area contributed by atoms with Crippen molar-refractivity contribution in [1.82, 2.24) is 20.3 Å². The van der Waals surface area contributed by atoms with Crippen LogP contribution in [0.15, 0.2) is 54.6 Å². The van der Waals surface area contributed by atoms with E-state index in [1.165, 1.54) is 5.69 Å². The molecule has 0 saturated heterocycles. The number of rotatable bonds is 6. The van der Waals surface area contributed by atoms with E-state index in [2.05, 4.69) is 77.1 Å². The van der Waals surface area contributed by atoms with Crippen molar-refractivity contribution in [3.8, 4) is 5.69 Å². The zero-order chi connectivity index (χ0) is 25.1. The van der Waals surface area contributed by atoms with Gasteiger partial charge in [0.2, 0.25) is 0 Å². The maximum atomic E-state index is 12.6. The van der Waals surface area contributed by atoms with Crippen LogP contribution < -0.4 is 15.5 Å². The van der Waals surface area contributed by atoms with Crippen LogP contribution in [-0.2, 0) is 0 Å². The third-order valence-corrected chi connectivity index (χ3v) is 6.99. The first-order valence-corrected chi connectivity index (χ1v) is 12.9. The molecule has 3 aromatic carbocycles. The highest BCUT2D eigenvalue weighted by molar-refractivity contribution is 14.1. The second kappa shape index (κ2) is 10.7. The van der Waals surface area contributed by atoms with Crippen molar-refractivity contribution in [3.05, 3.63) is 74.9 Å². The van der Waals surface area contributed by atoms with Crippen molar-refractivity contribution in [2.45, 2.75) is 27.7 Å². The van der Waals surface area contributed by atoms with E-state index in [0.29, 0.717) is 5.56 Å². The minimum Gasteiger partial charge on any atom is -0.372 e. The number of carbonyl (C=O) groups excluding carboxylic acids is 1. The molecule has 1 amide bonds. The number of nitrogens with one attached hydrogen (secondary N) is 2. The number of hydrogen-bond donors (Lipinski definition) is 2. The van der Waals surface area contributed by atoms with Gasteiger partial charge in [-0.15, -0.1) is 10.2 Å². The molecular weight excluding hydrogens is 571 g/mol. The molecule has 9 heteroatoms. The first-order valence-electron chi connectivity index (χ1n) is 11.4. The zero-order valence-corrected chi connectivity index (χ0v) is 23.1. The lowest BCUT2D eigenvalue weighted by Crippen LogP contribution is -2.34. The minimum atomic E-state index is -0.249. The van der Waals surface area contributed by atoms with Gasteiger partial charge in [0.1, 0.15) is 11.0 Å². The number of nitrogens with zero attached hydrogens (tertiary/aromatic N) is 4. The molecule has 0 unspecified atom stereocenters. The summed E-state index contributed by atoms with van der Waals surface area (Å²) in [5, 5.41) is 15.5. The van der Waals surface area contributed by atoms with Crippen LogP contribution in [0.5, 0.6) is 0 Å². The Hall–Kier alpha value is -3.05.